The second kappa shape index (κ2) is 10.7. The summed E-state index contributed by atoms with van der Waals surface area (Å²) in [6.07, 6.45) is 6.32. The van der Waals surface area contributed by atoms with Crippen molar-refractivity contribution >= 4 is 46.4 Å². The Morgan fingerprint density at radius 1 is 1.14 bits per heavy atom. The summed E-state index contributed by atoms with van der Waals surface area (Å²) < 4.78 is 19.4. The maximum atomic E-state index is 14.2. The third-order valence-corrected chi connectivity index (χ3v) is 6.59. The van der Waals surface area contributed by atoms with Crippen LogP contribution in [0.3, 0.4) is 0 Å². The van der Waals surface area contributed by atoms with E-state index in [1.165, 1.54) is 23.5 Å². The van der Waals surface area contributed by atoms with Gasteiger partial charge in [-0.05, 0) is 49.4 Å². The highest BCUT2D eigenvalue weighted by atomic mass is 32.2. The molecule has 0 saturated carbocycles. The molecule has 2 aliphatic heterocycles. The number of carbonyl (C=O) groups is 1. The van der Waals surface area contributed by atoms with Gasteiger partial charge in [0.2, 0.25) is 5.27 Å². The lowest BCUT2D eigenvalue weighted by Crippen LogP contribution is -2.60. The molecule has 9 nitrogen and oxygen atoms in total. The van der Waals surface area contributed by atoms with Gasteiger partial charge < -0.3 is 5.11 Å². The average Bonchev–Trinajstić information content (AvgIpc) is 3.49. The first-order chi connectivity index (χ1) is 17.6. The Morgan fingerprint density at radius 2 is 1.89 bits per heavy atom. The Kier molecular flexibility index (Phi) is 7.08. The number of amides is 1. The topological polar surface area (TPSA) is 101 Å². The number of piperidine rings is 1. The van der Waals surface area contributed by atoms with Crippen LogP contribution in [0.1, 0.15) is 24.8 Å². The molecule has 1 saturated heterocycles. The molecule has 1 fully saturated rings. The number of rotatable bonds is 6. The molecule has 0 atom stereocenters. The Morgan fingerprint density at radius 3 is 2.67 bits per heavy atom. The monoisotopic (exact) mass is 506 g/mol. The van der Waals surface area contributed by atoms with E-state index in [2.05, 4.69) is 15.3 Å². The molecule has 2 aliphatic rings. The molecule has 1 amide bonds. The van der Waals surface area contributed by atoms with Crippen LogP contribution in [-0.4, -0.2) is 41.1 Å². The quantitative estimate of drug-likeness (QED) is 0.221. The zero-order valence-electron chi connectivity index (χ0n) is 19.3. The van der Waals surface area contributed by atoms with Crippen LogP contribution >= 0.6 is 11.8 Å². The highest BCUT2D eigenvalue weighted by molar-refractivity contribution is 8.14. The largest absolute Gasteiger partial charge is 0.861 e. The van der Waals surface area contributed by atoms with E-state index in [0.717, 1.165) is 37.7 Å². The van der Waals surface area contributed by atoms with Crippen molar-refractivity contribution < 1.29 is 23.6 Å². The third kappa shape index (κ3) is 5.30. The van der Waals surface area contributed by atoms with Gasteiger partial charge in [0.05, 0.1) is 23.6 Å². The summed E-state index contributed by atoms with van der Waals surface area (Å²) >= 11 is 1.07. The van der Waals surface area contributed by atoms with Crippen molar-refractivity contribution in [2.24, 2.45) is 9.98 Å². The van der Waals surface area contributed by atoms with Crippen molar-refractivity contribution in [3.8, 4) is 0 Å². The molecule has 5 rings (SSSR count). The predicted molar refractivity (Wildman–Crippen MR) is 134 cm³/mol. The number of halogens is 1. The molecule has 0 aliphatic carbocycles. The van der Waals surface area contributed by atoms with Crippen LogP contribution in [0.4, 0.5) is 16.0 Å². The Balaban J connectivity index is 1.34. The second-order valence-corrected chi connectivity index (χ2v) is 9.13. The summed E-state index contributed by atoms with van der Waals surface area (Å²) in [6, 6.07) is 15.1. The fourth-order valence-corrected chi connectivity index (χ4v) is 4.71. The summed E-state index contributed by atoms with van der Waals surface area (Å²) in [4.78, 5) is 24.6. The van der Waals surface area contributed by atoms with E-state index in [4.69, 9.17) is 4.52 Å². The van der Waals surface area contributed by atoms with Gasteiger partial charge in [0.1, 0.15) is 11.5 Å². The van der Waals surface area contributed by atoms with Crippen LogP contribution in [0.15, 0.2) is 81.0 Å². The van der Waals surface area contributed by atoms with Crippen LogP contribution in [0.25, 0.3) is 6.08 Å². The van der Waals surface area contributed by atoms with Gasteiger partial charge in [-0.1, -0.05) is 48.2 Å². The van der Waals surface area contributed by atoms with Crippen LogP contribution in [0.5, 0.6) is 0 Å². The summed E-state index contributed by atoms with van der Waals surface area (Å²) in [6.45, 7) is 1.73. The van der Waals surface area contributed by atoms with Gasteiger partial charge in [0.15, 0.2) is 5.17 Å². The van der Waals surface area contributed by atoms with Gasteiger partial charge in [0.25, 0.3) is 12.1 Å². The van der Waals surface area contributed by atoms with Crippen LogP contribution in [0.2, 0.25) is 0 Å². The molecular weight excluding hydrogens is 483 g/mol. The Bertz CT molecular complexity index is 1330. The average molecular weight is 507 g/mol. The van der Waals surface area contributed by atoms with Crippen LogP contribution < -0.4 is 19.8 Å². The van der Waals surface area contributed by atoms with Crippen molar-refractivity contribution in [1.82, 2.24) is 5.27 Å². The van der Waals surface area contributed by atoms with E-state index in [0.29, 0.717) is 10.9 Å². The highest BCUT2D eigenvalue weighted by Crippen LogP contribution is 2.29. The molecule has 3 heterocycles. The molecular formula is C25H23FN6O3S. The molecule has 0 bridgehead atoms. The number of nitrogens with zero attached hydrogens (tertiary/aromatic N) is 6. The minimum atomic E-state index is -0.461. The maximum absolute atomic E-state index is 14.2. The predicted octanol–water partition coefficient (Wildman–Crippen LogP) is 2.79. The number of amidine groups is 1. The number of thioether (sulfide) groups is 1. The fraction of sp³-hybridized carbons (Fsp3) is 0.240. The normalized spacial score (nSPS) is 17.7. The van der Waals surface area contributed by atoms with Gasteiger partial charge in [-0.2, -0.15) is 5.01 Å². The fourth-order valence-electron chi connectivity index (χ4n) is 3.91. The molecule has 0 unspecified atom stereocenters. The summed E-state index contributed by atoms with van der Waals surface area (Å²) in [5.41, 5.74) is 0.920. The minimum absolute atomic E-state index is 0.0765. The number of benzene rings is 2. The lowest BCUT2D eigenvalue weighted by atomic mass is 10.1. The number of para-hydroxylation sites is 1. The van der Waals surface area contributed by atoms with Crippen molar-refractivity contribution in [2.75, 3.05) is 28.8 Å². The van der Waals surface area contributed by atoms with E-state index >= 15 is 0 Å². The molecule has 11 heteroatoms. The SMILES string of the molecule is O=C1/C(=C\c2ccccc2F)N=C(SC/C([O-])=N/c2c[n+](N3CCCCC3)no2)N1c1ccccc1. The maximum Gasteiger partial charge on any atom is 0.324 e. The van der Waals surface area contributed by atoms with Crippen LogP contribution in [-0.2, 0) is 4.79 Å². The van der Waals surface area contributed by atoms with E-state index in [-0.39, 0.29) is 22.9 Å². The van der Waals surface area contributed by atoms with E-state index < -0.39 is 17.6 Å². The smallest absolute Gasteiger partial charge is 0.324 e. The highest BCUT2D eigenvalue weighted by Gasteiger charge is 2.32. The molecule has 0 radical (unpaired) electrons. The lowest BCUT2D eigenvalue weighted by molar-refractivity contribution is -0.759. The van der Waals surface area contributed by atoms with Crippen molar-refractivity contribution in [3.63, 3.8) is 0 Å². The van der Waals surface area contributed by atoms with Crippen molar-refractivity contribution in [2.45, 2.75) is 19.3 Å². The number of carbonyl (C=O) groups excluding carboxylic acids is 1. The van der Waals surface area contributed by atoms with Gasteiger partial charge in [-0.15, -0.1) is 0 Å². The second-order valence-electron chi connectivity index (χ2n) is 8.19. The zero-order chi connectivity index (χ0) is 24.9. The molecule has 36 heavy (non-hydrogen) atoms. The molecule has 0 spiro atoms. The third-order valence-electron chi connectivity index (χ3n) is 5.67. The molecule has 3 aromatic rings. The number of hydrogen-bond acceptors (Lipinski definition) is 8. The van der Waals surface area contributed by atoms with Crippen molar-refractivity contribution in [1.29, 1.82) is 0 Å². The first-order valence-corrected chi connectivity index (χ1v) is 12.5. The van der Waals surface area contributed by atoms with Gasteiger partial charge in [-0.3, -0.25) is 14.2 Å². The molecule has 2 aromatic carbocycles. The summed E-state index contributed by atoms with van der Waals surface area (Å²) in [7, 11) is 0. The standard InChI is InChI=1S/C25H23FN6O3S/c26-20-12-6-5-9-18(20)15-21-24(34)32(19-10-3-1-4-11-19)25(27-21)36-17-22(33)28-23-16-31(29-35-23)30-13-7-2-8-14-30/h1,3-6,9-12,15-16H,2,7-8,13-14,17H2/b21-15+. The van der Waals surface area contributed by atoms with Crippen LogP contribution in [0, 0.1) is 5.82 Å². The summed E-state index contributed by atoms with van der Waals surface area (Å²) in [5.74, 6) is -1.29. The minimum Gasteiger partial charge on any atom is -0.861 e. The van der Waals surface area contributed by atoms with Gasteiger partial charge in [-0.25, -0.2) is 14.4 Å². The van der Waals surface area contributed by atoms with Gasteiger partial charge in [0, 0.05) is 11.3 Å². The Labute approximate surface area is 211 Å². The van der Waals surface area contributed by atoms with E-state index in [9.17, 15) is 14.3 Å². The zero-order valence-corrected chi connectivity index (χ0v) is 20.1. The lowest BCUT2D eigenvalue weighted by Gasteiger charge is -2.18. The molecule has 0 N–H and O–H groups in total. The van der Waals surface area contributed by atoms with E-state index in [1.807, 2.05) is 11.1 Å². The number of hydrogen-bond donors (Lipinski definition) is 0. The summed E-state index contributed by atoms with van der Waals surface area (Å²) in [5, 5.41) is 18.9. The molecule has 1 aromatic heterocycles. The van der Waals surface area contributed by atoms with Gasteiger partial charge >= 0.3 is 5.88 Å². The molecule has 184 valence electrons. The van der Waals surface area contributed by atoms with Crippen molar-refractivity contribution in [3.05, 3.63) is 77.9 Å². The number of anilines is 1. The van der Waals surface area contributed by atoms with E-state index in [1.54, 1.807) is 53.5 Å². The first-order valence-electron chi connectivity index (χ1n) is 11.5. The number of aliphatic imine (C=N–C) groups is 2. The Hall–Kier alpha value is -3.99. The number of aromatic nitrogens is 2. The first kappa shape index (κ1) is 23.7.